The second-order valence-corrected chi connectivity index (χ2v) is 3.10. The zero-order valence-corrected chi connectivity index (χ0v) is 8.79. The summed E-state index contributed by atoms with van der Waals surface area (Å²) in [7, 11) is 1.09. The van der Waals surface area contributed by atoms with Crippen molar-refractivity contribution in [1.29, 1.82) is 5.26 Å². The molecule has 90 valence electrons. The summed E-state index contributed by atoms with van der Waals surface area (Å²) in [6, 6.07) is 2.38. The zero-order valence-electron chi connectivity index (χ0n) is 8.79. The third-order valence-electron chi connectivity index (χ3n) is 2.04. The number of esters is 1. The van der Waals surface area contributed by atoms with Gasteiger partial charge in [0.15, 0.2) is 5.43 Å². The van der Waals surface area contributed by atoms with Gasteiger partial charge in [-0.2, -0.15) is 5.26 Å². The van der Waals surface area contributed by atoms with Crippen LogP contribution in [0.1, 0.15) is 23.4 Å². The standard InChI is InChI=1S/C10H8F2N2O3/c1-17-8(16)3-6-9(10(11)12)7(15)2-5(4-13)14-6/h2,10H,3H2,1H3,(H,14,15). The number of aromatic amines is 1. The highest BCUT2D eigenvalue weighted by Gasteiger charge is 2.20. The Kier molecular flexibility index (Phi) is 3.93. The van der Waals surface area contributed by atoms with E-state index >= 15 is 0 Å². The maximum absolute atomic E-state index is 12.6. The number of alkyl halides is 2. The summed E-state index contributed by atoms with van der Waals surface area (Å²) in [5.41, 5.74) is -2.27. The maximum atomic E-state index is 12.6. The van der Waals surface area contributed by atoms with Crippen molar-refractivity contribution in [3.8, 4) is 6.07 Å². The summed E-state index contributed by atoms with van der Waals surface area (Å²) in [6.07, 6.45) is -3.54. The molecule has 0 unspecified atom stereocenters. The Morgan fingerprint density at radius 2 is 2.29 bits per heavy atom. The highest BCUT2D eigenvalue weighted by molar-refractivity contribution is 5.72. The summed E-state index contributed by atoms with van der Waals surface area (Å²) < 4.78 is 29.6. The van der Waals surface area contributed by atoms with Crippen LogP contribution in [0.2, 0.25) is 0 Å². The number of aromatic nitrogens is 1. The van der Waals surface area contributed by atoms with Gasteiger partial charge in [0.25, 0.3) is 6.43 Å². The van der Waals surface area contributed by atoms with E-state index in [-0.39, 0.29) is 11.4 Å². The fourth-order valence-corrected chi connectivity index (χ4v) is 1.28. The van der Waals surface area contributed by atoms with Gasteiger partial charge in [0.2, 0.25) is 0 Å². The van der Waals surface area contributed by atoms with E-state index in [1.54, 1.807) is 6.07 Å². The Bertz CT molecular complexity index is 531. The van der Waals surface area contributed by atoms with Gasteiger partial charge in [-0.15, -0.1) is 0 Å². The molecule has 0 bridgehead atoms. The molecule has 0 aromatic carbocycles. The molecule has 0 aliphatic carbocycles. The van der Waals surface area contributed by atoms with Crippen molar-refractivity contribution in [2.45, 2.75) is 12.8 Å². The number of nitrogens with one attached hydrogen (secondary N) is 1. The third kappa shape index (κ3) is 2.87. The molecule has 1 N–H and O–H groups in total. The fourth-order valence-electron chi connectivity index (χ4n) is 1.28. The predicted octanol–water partition coefficient (Wildman–Crippen LogP) is 0.900. The Labute approximate surface area is 94.6 Å². The molecule has 0 amide bonds. The van der Waals surface area contributed by atoms with E-state index in [1.165, 1.54) is 0 Å². The first kappa shape index (κ1) is 12.8. The maximum Gasteiger partial charge on any atom is 0.311 e. The molecule has 0 saturated heterocycles. The summed E-state index contributed by atoms with van der Waals surface area (Å²) in [5, 5.41) is 8.58. The van der Waals surface area contributed by atoms with Crippen LogP contribution >= 0.6 is 0 Å². The predicted molar refractivity (Wildman–Crippen MR) is 52.5 cm³/mol. The van der Waals surface area contributed by atoms with E-state index in [0.717, 1.165) is 13.2 Å². The molecule has 17 heavy (non-hydrogen) atoms. The Morgan fingerprint density at radius 3 is 2.76 bits per heavy atom. The van der Waals surface area contributed by atoms with E-state index < -0.39 is 29.8 Å². The highest BCUT2D eigenvalue weighted by Crippen LogP contribution is 2.18. The van der Waals surface area contributed by atoms with Crippen molar-refractivity contribution < 1.29 is 18.3 Å². The van der Waals surface area contributed by atoms with Gasteiger partial charge in [-0.1, -0.05) is 0 Å². The number of nitrogens with zero attached hydrogens (tertiary/aromatic N) is 1. The number of hydrogen-bond donors (Lipinski definition) is 1. The largest absolute Gasteiger partial charge is 0.469 e. The van der Waals surface area contributed by atoms with Crippen LogP contribution in [0.3, 0.4) is 0 Å². The average molecular weight is 242 g/mol. The fraction of sp³-hybridized carbons (Fsp3) is 0.300. The number of rotatable bonds is 3. The van der Waals surface area contributed by atoms with Crippen LogP contribution < -0.4 is 5.43 Å². The Balaban J connectivity index is 3.34. The number of ether oxygens (including phenoxy) is 1. The molecule has 0 atom stereocenters. The molecule has 0 aliphatic heterocycles. The van der Waals surface area contributed by atoms with Crippen LogP contribution in [0.4, 0.5) is 8.78 Å². The first-order valence-electron chi connectivity index (χ1n) is 4.50. The minimum absolute atomic E-state index is 0.182. The van der Waals surface area contributed by atoms with E-state index in [4.69, 9.17) is 5.26 Å². The molecule has 1 aromatic heterocycles. The van der Waals surface area contributed by atoms with Gasteiger partial charge >= 0.3 is 5.97 Å². The van der Waals surface area contributed by atoms with E-state index in [1.807, 2.05) is 0 Å². The van der Waals surface area contributed by atoms with E-state index in [2.05, 4.69) is 9.72 Å². The molecule has 1 rings (SSSR count). The number of carbonyl (C=O) groups excluding carboxylic acids is 1. The molecular weight excluding hydrogens is 234 g/mol. The second kappa shape index (κ2) is 5.21. The highest BCUT2D eigenvalue weighted by atomic mass is 19.3. The third-order valence-corrected chi connectivity index (χ3v) is 2.04. The van der Waals surface area contributed by atoms with Gasteiger partial charge in [0.1, 0.15) is 11.8 Å². The monoisotopic (exact) mass is 242 g/mol. The molecule has 0 radical (unpaired) electrons. The van der Waals surface area contributed by atoms with Crippen molar-refractivity contribution in [2.75, 3.05) is 7.11 Å². The minimum atomic E-state index is -3.02. The van der Waals surface area contributed by atoms with Gasteiger partial charge in [0, 0.05) is 11.8 Å². The smallest absolute Gasteiger partial charge is 0.311 e. The number of halogens is 2. The quantitative estimate of drug-likeness (QED) is 0.798. The summed E-state index contributed by atoms with van der Waals surface area (Å²) in [6.45, 7) is 0. The van der Waals surface area contributed by atoms with E-state index in [9.17, 15) is 18.4 Å². The number of carbonyl (C=O) groups is 1. The zero-order chi connectivity index (χ0) is 13.0. The first-order chi connectivity index (χ1) is 7.99. The van der Waals surface area contributed by atoms with Gasteiger partial charge in [-0.05, 0) is 0 Å². The molecule has 1 heterocycles. The first-order valence-corrected chi connectivity index (χ1v) is 4.50. The molecule has 7 heteroatoms. The van der Waals surface area contributed by atoms with Crippen molar-refractivity contribution >= 4 is 5.97 Å². The van der Waals surface area contributed by atoms with Crippen LogP contribution in [0.15, 0.2) is 10.9 Å². The lowest BCUT2D eigenvalue weighted by molar-refractivity contribution is -0.139. The summed E-state index contributed by atoms with van der Waals surface area (Å²) >= 11 is 0. The molecule has 0 fully saturated rings. The summed E-state index contributed by atoms with van der Waals surface area (Å²) in [4.78, 5) is 24.6. The molecule has 0 spiro atoms. The van der Waals surface area contributed by atoms with Gasteiger partial charge in [-0.25, -0.2) is 8.78 Å². The van der Waals surface area contributed by atoms with Crippen LogP contribution in [0.25, 0.3) is 0 Å². The number of nitriles is 1. The van der Waals surface area contributed by atoms with Crippen LogP contribution in [0.5, 0.6) is 0 Å². The number of H-pyrrole nitrogens is 1. The minimum Gasteiger partial charge on any atom is -0.469 e. The van der Waals surface area contributed by atoms with Gasteiger partial charge in [0.05, 0.1) is 19.1 Å². The van der Waals surface area contributed by atoms with Crippen molar-refractivity contribution in [2.24, 2.45) is 0 Å². The molecule has 0 aliphatic rings. The lowest BCUT2D eigenvalue weighted by atomic mass is 10.1. The lowest BCUT2D eigenvalue weighted by Crippen LogP contribution is -2.18. The van der Waals surface area contributed by atoms with Crippen molar-refractivity contribution in [3.63, 3.8) is 0 Å². The van der Waals surface area contributed by atoms with Crippen molar-refractivity contribution in [1.82, 2.24) is 4.98 Å². The summed E-state index contributed by atoms with van der Waals surface area (Å²) in [5.74, 6) is -0.780. The number of hydrogen-bond acceptors (Lipinski definition) is 4. The lowest BCUT2D eigenvalue weighted by Gasteiger charge is -2.07. The number of pyridine rings is 1. The normalized spacial score (nSPS) is 10.1. The Morgan fingerprint density at radius 1 is 1.65 bits per heavy atom. The SMILES string of the molecule is COC(=O)Cc1[nH]c(C#N)cc(=O)c1C(F)F. The molecule has 5 nitrogen and oxygen atoms in total. The Hall–Kier alpha value is -2.23. The van der Waals surface area contributed by atoms with E-state index in [0.29, 0.717) is 0 Å². The topological polar surface area (TPSA) is 82.9 Å². The van der Waals surface area contributed by atoms with Gasteiger partial charge < -0.3 is 9.72 Å². The van der Waals surface area contributed by atoms with Crippen LogP contribution in [0, 0.1) is 11.3 Å². The van der Waals surface area contributed by atoms with Gasteiger partial charge in [-0.3, -0.25) is 9.59 Å². The second-order valence-electron chi connectivity index (χ2n) is 3.10. The number of methoxy groups -OCH3 is 1. The van der Waals surface area contributed by atoms with Crippen LogP contribution in [-0.4, -0.2) is 18.1 Å². The average Bonchev–Trinajstić information content (AvgIpc) is 2.27. The van der Waals surface area contributed by atoms with Crippen LogP contribution in [-0.2, 0) is 16.0 Å². The molecule has 1 aromatic rings. The van der Waals surface area contributed by atoms with Crippen molar-refractivity contribution in [3.05, 3.63) is 33.2 Å². The molecule has 0 saturated carbocycles. The molecular formula is C10H8F2N2O3.